The first-order chi connectivity index (χ1) is 9.26. The zero-order chi connectivity index (χ0) is 13.9. The Balaban J connectivity index is 0.000000200. The number of ether oxygens (including phenoxy) is 1. The van der Waals surface area contributed by atoms with E-state index in [-0.39, 0.29) is 0 Å². The lowest BCUT2D eigenvalue weighted by molar-refractivity contribution is -0.128. The molecular weight excluding hydrogens is 236 g/mol. The zero-order valence-corrected chi connectivity index (χ0v) is 10.7. The van der Waals surface area contributed by atoms with Gasteiger partial charge in [0.1, 0.15) is 5.75 Å². The molecule has 0 fully saturated rings. The number of para-hydroxylation sites is 1. The summed E-state index contributed by atoms with van der Waals surface area (Å²) in [6.07, 6.45) is 2.97. The highest BCUT2D eigenvalue weighted by molar-refractivity contribution is 5.83. The van der Waals surface area contributed by atoms with E-state index in [4.69, 9.17) is 4.74 Å². The van der Waals surface area contributed by atoms with Crippen LogP contribution in [0.25, 0.3) is 6.08 Å². The second-order valence-corrected chi connectivity index (χ2v) is 3.55. The fourth-order valence-electron chi connectivity index (χ4n) is 1.24. The highest BCUT2D eigenvalue weighted by Gasteiger charge is 1.95. The van der Waals surface area contributed by atoms with Crippen molar-refractivity contribution in [1.82, 2.24) is 0 Å². The van der Waals surface area contributed by atoms with Crippen LogP contribution < -0.4 is 4.74 Å². The van der Waals surface area contributed by atoms with E-state index in [1.54, 1.807) is 24.3 Å². The number of benzene rings is 2. The van der Waals surface area contributed by atoms with Crippen LogP contribution in [0.15, 0.2) is 79.9 Å². The van der Waals surface area contributed by atoms with Gasteiger partial charge in [-0.2, -0.15) is 0 Å². The molecule has 0 unspecified atom stereocenters. The first-order valence-electron chi connectivity index (χ1n) is 5.83. The van der Waals surface area contributed by atoms with Crippen molar-refractivity contribution >= 4 is 12.0 Å². The van der Waals surface area contributed by atoms with Gasteiger partial charge >= 0.3 is 5.97 Å². The molecule has 0 heterocycles. The number of hydrogen-bond acceptors (Lipinski definition) is 2. The van der Waals surface area contributed by atoms with Crippen LogP contribution in [-0.4, -0.2) is 5.97 Å². The van der Waals surface area contributed by atoms with Crippen LogP contribution in [0, 0.1) is 0 Å². The summed E-state index contributed by atoms with van der Waals surface area (Å²) in [5.74, 6) is 0.105. The quantitative estimate of drug-likeness (QED) is 0.467. The van der Waals surface area contributed by atoms with Gasteiger partial charge in [-0.05, 0) is 17.7 Å². The summed E-state index contributed by atoms with van der Waals surface area (Å²) in [6.45, 7) is 6.91. The topological polar surface area (TPSA) is 26.3 Å². The molecule has 0 saturated heterocycles. The largest absolute Gasteiger partial charge is 0.423 e. The molecule has 0 saturated carbocycles. The Morgan fingerprint density at radius 3 is 1.84 bits per heavy atom. The Morgan fingerprint density at radius 1 is 0.895 bits per heavy atom. The molecule has 0 N–H and O–H groups in total. The summed E-state index contributed by atoms with van der Waals surface area (Å²) in [5, 5.41) is 0. The Hall–Kier alpha value is -2.61. The lowest BCUT2D eigenvalue weighted by Gasteiger charge is -1.98. The third kappa shape index (κ3) is 6.03. The summed E-state index contributed by atoms with van der Waals surface area (Å²) < 4.78 is 4.81. The Bertz CT molecular complexity index is 515. The highest BCUT2D eigenvalue weighted by Crippen LogP contribution is 2.07. The van der Waals surface area contributed by atoms with E-state index in [0.29, 0.717) is 5.75 Å². The van der Waals surface area contributed by atoms with Gasteiger partial charge in [-0.15, -0.1) is 0 Å². The molecule has 0 aromatic heterocycles. The number of carbonyl (C=O) groups excluding carboxylic acids is 1. The minimum absolute atomic E-state index is 0.434. The summed E-state index contributed by atoms with van der Waals surface area (Å²) >= 11 is 0. The van der Waals surface area contributed by atoms with Crippen molar-refractivity contribution in [2.75, 3.05) is 0 Å². The van der Waals surface area contributed by atoms with E-state index < -0.39 is 5.97 Å². The van der Waals surface area contributed by atoms with Gasteiger partial charge in [-0.25, -0.2) is 4.79 Å². The van der Waals surface area contributed by atoms with Crippen LogP contribution in [0.2, 0.25) is 0 Å². The summed E-state index contributed by atoms with van der Waals surface area (Å²) in [7, 11) is 0. The molecule has 0 radical (unpaired) electrons. The van der Waals surface area contributed by atoms with Crippen LogP contribution in [0.4, 0.5) is 0 Å². The first-order valence-corrected chi connectivity index (χ1v) is 5.83. The van der Waals surface area contributed by atoms with Crippen LogP contribution in [0.5, 0.6) is 5.75 Å². The summed E-state index contributed by atoms with van der Waals surface area (Å²) in [4.78, 5) is 10.6. The third-order valence-electron chi connectivity index (χ3n) is 2.16. The first kappa shape index (κ1) is 14.5. The standard InChI is InChI=1S/C9H8O2.C8H8/c1-2-9(10)11-8-6-4-3-5-7-8;1-2-8-6-4-3-5-7-8/h2-7H,1H2;2-7H,1H2. The van der Waals surface area contributed by atoms with Gasteiger partial charge < -0.3 is 4.74 Å². The van der Waals surface area contributed by atoms with Crippen molar-refractivity contribution < 1.29 is 9.53 Å². The maximum atomic E-state index is 10.6. The number of hydrogen-bond donors (Lipinski definition) is 0. The number of carbonyl (C=O) groups is 1. The summed E-state index contributed by atoms with van der Waals surface area (Å²) in [6, 6.07) is 18.9. The van der Waals surface area contributed by atoms with Crippen molar-refractivity contribution in [1.29, 1.82) is 0 Å². The van der Waals surface area contributed by atoms with E-state index in [2.05, 4.69) is 13.2 Å². The van der Waals surface area contributed by atoms with Gasteiger partial charge in [-0.3, -0.25) is 0 Å². The van der Waals surface area contributed by atoms with E-state index in [9.17, 15) is 4.79 Å². The molecule has 0 aliphatic carbocycles. The van der Waals surface area contributed by atoms with E-state index in [1.807, 2.05) is 42.5 Å². The molecule has 0 amide bonds. The van der Waals surface area contributed by atoms with Crippen molar-refractivity contribution in [3.63, 3.8) is 0 Å². The van der Waals surface area contributed by atoms with Gasteiger partial charge in [0.05, 0.1) is 0 Å². The number of rotatable bonds is 3. The minimum atomic E-state index is -0.434. The Labute approximate surface area is 113 Å². The fourth-order valence-corrected chi connectivity index (χ4v) is 1.24. The second kappa shape index (κ2) is 8.48. The fraction of sp³-hybridized carbons (Fsp3) is 0. The maximum Gasteiger partial charge on any atom is 0.335 e. The molecule has 96 valence electrons. The highest BCUT2D eigenvalue weighted by atomic mass is 16.5. The van der Waals surface area contributed by atoms with Crippen LogP contribution in [-0.2, 0) is 4.79 Å². The minimum Gasteiger partial charge on any atom is -0.423 e. The lowest BCUT2D eigenvalue weighted by Crippen LogP contribution is -2.02. The Kier molecular flexibility index (Phi) is 6.45. The molecule has 2 heteroatoms. The van der Waals surface area contributed by atoms with E-state index >= 15 is 0 Å². The third-order valence-corrected chi connectivity index (χ3v) is 2.16. The SMILES string of the molecule is C=CC(=O)Oc1ccccc1.C=Cc1ccccc1. The molecule has 2 aromatic carbocycles. The predicted molar refractivity (Wildman–Crippen MR) is 78.8 cm³/mol. The molecule has 0 spiro atoms. The van der Waals surface area contributed by atoms with E-state index in [1.165, 1.54) is 5.56 Å². The second-order valence-electron chi connectivity index (χ2n) is 3.55. The molecule has 2 rings (SSSR count). The van der Waals surface area contributed by atoms with Gasteiger partial charge in [0.2, 0.25) is 0 Å². The molecule has 0 atom stereocenters. The normalized spacial score (nSPS) is 8.63. The smallest absolute Gasteiger partial charge is 0.335 e. The van der Waals surface area contributed by atoms with Gasteiger partial charge in [0.15, 0.2) is 0 Å². The van der Waals surface area contributed by atoms with Crippen molar-refractivity contribution in [3.05, 3.63) is 85.5 Å². The predicted octanol–water partition coefficient (Wildman–Crippen LogP) is 4.11. The Morgan fingerprint density at radius 2 is 1.42 bits per heavy atom. The average molecular weight is 252 g/mol. The van der Waals surface area contributed by atoms with Crippen LogP contribution in [0.1, 0.15) is 5.56 Å². The molecule has 0 aliphatic heterocycles. The van der Waals surface area contributed by atoms with Gasteiger partial charge in [0.25, 0.3) is 0 Å². The number of esters is 1. The maximum absolute atomic E-state index is 10.6. The molecule has 2 aromatic rings. The lowest BCUT2D eigenvalue weighted by atomic mass is 10.2. The molecule has 2 nitrogen and oxygen atoms in total. The van der Waals surface area contributed by atoms with Crippen LogP contribution >= 0.6 is 0 Å². The van der Waals surface area contributed by atoms with Gasteiger partial charge in [0, 0.05) is 6.08 Å². The van der Waals surface area contributed by atoms with Crippen molar-refractivity contribution in [3.8, 4) is 5.75 Å². The molecule has 19 heavy (non-hydrogen) atoms. The average Bonchev–Trinajstić information content (AvgIpc) is 2.49. The van der Waals surface area contributed by atoms with E-state index in [0.717, 1.165) is 6.08 Å². The monoisotopic (exact) mass is 252 g/mol. The summed E-state index contributed by atoms with van der Waals surface area (Å²) in [5.41, 5.74) is 1.17. The van der Waals surface area contributed by atoms with Gasteiger partial charge in [-0.1, -0.05) is 67.8 Å². The van der Waals surface area contributed by atoms with Crippen molar-refractivity contribution in [2.24, 2.45) is 0 Å². The molecule has 0 bridgehead atoms. The zero-order valence-electron chi connectivity index (χ0n) is 10.7. The molecule has 0 aliphatic rings. The molecular formula is C17H16O2. The van der Waals surface area contributed by atoms with Crippen molar-refractivity contribution in [2.45, 2.75) is 0 Å². The van der Waals surface area contributed by atoms with Crippen LogP contribution in [0.3, 0.4) is 0 Å².